The van der Waals surface area contributed by atoms with Crippen LogP contribution in [0, 0.1) is 0 Å². The van der Waals surface area contributed by atoms with E-state index in [0.29, 0.717) is 12.1 Å². The van der Waals surface area contributed by atoms with E-state index in [2.05, 4.69) is 0 Å². The van der Waals surface area contributed by atoms with Gasteiger partial charge in [0.25, 0.3) is 5.91 Å². The molecule has 0 bridgehead atoms. The molecular formula is C21H19ClN2O. The lowest BCUT2D eigenvalue weighted by atomic mass is 10.1. The van der Waals surface area contributed by atoms with Crippen molar-refractivity contribution in [3.05, 3.63) is 70.4 Å². The van der Waals surface area contributed by atoms with Gasteiger partial charge in [-0.25, -0.2) is 0 Å². The Morgan fingerprint density at radius 2 is 1.96 bits per heavy atom. The van der Waals surface area contributed by atoms with Crippen molar-refractivity contribution in [2.45, 2.75) is 26.2 Å². The second kappa shape index (κ2) is 6.49. The molecule has 0 saturated heterocycles. The first-order valence-corrected chi connectivity index (χ1v) is 9.04. The minimum Gasteiger partial charge on any atom is -0.309 e. The van der Waals surface area contributed by atoms with Gasteiger partial charge in [-0.1, -0.05) is 35.9 Å². The van der Waals surface area contributed by atoms with Crippen LogP contribution < -0.4 is 4.90 Å². The number of hydrogen-bond acceptors (Lipinski definition) is 2. The van der Waals surface area contributed by atoms with Crippen LogP contribution in [0.5, 0.6) is 0 Å². The first kappa shape index (κ1) is 16.1. The lowest BCUT2D eigenvalue weighted by molar-refractivity contribution is 0.0988. The Morgan fingerprint density at radius 3 is 2.72 bits per heavy atom. The van der Waals surface area contributed by atoms with Gasteiger partial charge in [0, 0.05) is 28.9 Å². The number of para-hydroxylation sites is 1. The number of rotatable bonds is 3. The smallest absolute Gasteiger partial charge is 0.258 e. The molecule has 0 saturated carbocycles. The number of fused-ring (bicyclic) bond motifs is 2. The van der Waals surface area contributed by atoms with Gasteiger partial charge in [-0.2, -0.15) is 0 Å². The molecule has 0 atom stereocenters. The maximum Gasteiger partial charge on any atom is 0.258 e. The van der Waals surface area contributed by atoms with Crippen molar-refractivity contribution in [1.29, 1.82) is 0 Å². The van der Waals surface area contributed by atoms with E-state index in [1.807, 2.05) is 55.5 Å². The van der Waals surface area contributed by atoms with Crippen LogP contribution in [0.2, 0.25) is 5.02 Å². The zero-order chi connectivity index (χ0) is 17.4. The molecule has 0 unspecified atom stereocenters. The highest BCUT2D eigenvalue weighted by Crippen LogP contribution is 2.34. The van der Waals surface area contributed by atoms with Crippen molar-refractivity contribution in [2.75, 3.05) is 11.4 Å². The Labute approximate surface area is 152 Å². The third-order valence-corrected chi connectivity index (χ3v) is 5.25. The summed E-state index contributed by atoms with van der Waals surface area (Å²) < 4.78 is 0. The van der Waals surface area contributed by atoms with Gasteiger partial charge in [-0.15, -0.1) is 0 Å². The molecule has 0 radical (unpaired) electrons. The third-order valence-electron chi connectivity index (χ3n) is 4.82. The van der Waals surface area contributed by atoms with Crippen molar-refractivity contribution in [2.24, 2.45) is 0 Å². The minimum atomic E-state index is -0.0194. The van der Waals surface area contributed by atoms with Crippen LogP contribution in [0.1, 0.15) is 35.0 Å². The van der Waals surface area contributed by atoms with E-state index in [1.54, 1.807) is 4.90 Å². The number of carbonyl (C=O) groups excluding carboxylic acids is 1. The van der Waals surface area contributed by atoms with E-state index in [-0.39, 0.29) is 5.91 Å². The number of halogens is 1. The Balaban J connectivity index is 1.76. The molecule has 0 spiro atoms. The van der Waals surface area contributed by atoms with Gasteiger partial charge < -0.3 is 4.90 Å². The lowest BCUT2D eigenvalue weighted by Crippen LogP contribution is -2.30. The highest BCUT2D eigenvalue weighted by atomic mass is 35.5. The predicted octanol–water partition coefficient (Wildman–Crippen LogP) is 5.04. The first-order chi connectivity index (χ1) is 12.2. The summed E-state index contributed by atoms with van der Waals surface area (Å²) in [6.45, 7) is 2.59. The second-order valence-corrected chi connectivity index (χ2v) is 6.70. The van der Waals surface area contributed by atoms with Crippen LogP contribution in [0.4, 0.5) is 5.69 Å². The van der Waals surface area contributed by atoms with Gasteiger partial charge in [0.15, 0.2) is 0 Å². The molecule has 1 aliphatic carbocycles. The molecule has 0 aliphatic heterocycles. The van der Waals surface area contributed by atoms with Crippen LogP contribution >= 0.6 is 11.6 Å². The zero-order valence-electron chi connectivity index (χ0n) is 14.1. The summed E-state index contributed by atoms with van der Waals surface area (Å²) in [6, 6.07) is 15.4. The average Bonchev–Trinajstić information content (AvgIpc) is 3.11. The molecule has 1 amide bonds. The maximum atomic E-state index is 13.0. The van der Waals surface area contributed by atoms with Crippen molar-refractivity contribution in [3.63, 3.8) is 0 Å². The molecule has 1 aliphatic rings. The first-order valence-electron chi connectivity index (χ1n) is 8.67. The van der Waals surface area contributed by atoms with Gasteiger partial charge in [0.05, 0.1) is 10.5 Å². The summed E-state index contributed by atoms with van der Waals surface area (Å²) in [5, 5.41) is 1.73. The van der Waals surface area contributed by atoms with Crippen molar-refractivity contribution < 1.29 is 4.79 Å². The normalized spacial score (nSPS) is 13.0. The molecule has 4 heteroatoms. The number of pyridine rings is 1. The van der Waals surface area contributed by atoms with E-state index >= 15 is 0 Å². The van der Waals surface area contributed by atoms with Gasteiger partial charge in [-0.05, 0) is 56.0 Å². The number of carbonyl (C=O) groups is 1. The number of benzene rings is 2. The van der Waals surface area contributed by atoms with E-state index < -0.39 is 0 Å². The van der Waals surface area contributed by atoms with Gasteiger partial charge in [0.1, 0.15) is 0 Å². The van der Waals surface area contributed by atoms with E-state index in [0.717, 1.165) is 46.6 Å². The van der Waals surface area contributed by atoms with Crippen LogP contribution in [0.25, 0.3) is 10.9 Å². The number of anilines is 1. The van der Waals surface area contributed by atoms with Crippen LogP contribution in [-0.2, 0) is 12.8 Å². The Morgan fingerprint density at radius 1 is 1.16 bits per heavy atom. The van der Waals surface area contributed by atoms with Gasteiger partial charge in [-0.3, -0.25) is 9.78 Å². The predicted molar refractivity (Wildman–Crippen MR) is 103 cm³/mol. The molecule has 0 fully saturated rings. The number of aryl methyl sites for hydroxylation is 1. The van der Waals surface area contributed by atoms with E-state index in [4.69, 9.17) is 16.6 Å². The quantitative estimate of drug-likeness (QED) is 0.662. The average molecular weight is 351 g/mol. The van der Waals surface area contributed by atoms with Crippen LogP contribution in [0.3, 0.4) is 0 Å². The Hall–Kier alpha value is -2.39. The fourth-order valence-corrected chi connectivity index (χ4v) is 3.91. The van der Waals surface area contributed by atoms with Crippen molar-refractivity contribution in [1.82, 2.24) is 4.98 Å². The SMILES string of the molecule is CCN(C(=O)c1ccc2c(Cl)c3c(nc2c1)CCC3)c1ccccc1. The Bertz CT molecular complexity index is 953. The number of aromatic nitrogens is 1. The van der Waals surface area contributed by atoms with Crippen molar-refractivity contribution >= 4 is 34.1 Å². The van der Waals surface area contributed by atoms with Crippen LogP contribution in [0.15, 0.2) is 48.5 Å². The fraction of sp³-hybridized carbons (Fsp3) is 0.238. The molecule has 4 rings (SSSR count). The topological polar surface area (TPSA) is 33.2 Å². The highest BCUT2D eigenvalue weighted by molar-refractivity contribution is 6.36. The number of nitrogens with zero attached hydrogens (tertiary/aromatic N) is 2. The van der Waals surface area contributed by atoms with Crippen LogP contribution in [-0.4, -0.2) is 17.4 Å². The van der Waals surface area contributed by atoms with E-state index in [9.17, 15) is 4.79 Å². The molecule has 1 aromatic heterocycles. The monoisotopic (exact) mass is 350 g/mol. The molecule has 25 heavy (non-hydrogen) atoms. The summed E-state index contributed by atoms with van der Waals surface area (Å²) in [5.74, 6) is -0.0194. The number of amides is 1. The molecule has 0 N–H and O–H groups in total. The standard InChI is InChI=1S/C21H19ClN2O/c1-2-24(15-7-4-3-5-8-15)21(25)14-11-12-17-19(13-14)23-18-10-6-9-16(18)20(17)22/h3-5,7-8,11-13H,2,6,9-10H2,1H3. The fourth-order valence-electron chi connectivity index (χ4n) is 3.55. The van der Waals surface area contributed by atoms with E-state index in [1.165, 1.54) is 5.56 Å². The summed E-state index contributed by atoms with van der Waals surface area (Å²) in [7, 11) is 0. The summed E-state index contributed by atoms with van der Waals surface area (Å²) in [5.41, 5.74) is 4.60. The molecule has 126 valence electrons. The number of hydrogen-bond donors (Lipinski definition) is 0. The summed E-state index contributed by atoms with van der Waals surface area (Å²) in [6.07, 6.45) is 3.06. The molecule has 2 aromatic carbocycles. The zero-order valence-corrected chi connectivity index (χ0v) is 14.9. The molecular weight excluding hydrogens is 332 g/mol. The highest BCUT2D eigenvalue weighted by Gasteiger charge is 2.21. The largest absolute Gasteiger partial charge is 0.309 e. The molecule has 3 nitrogen and oxygen atoms in total. The third kappa shape index (κ3) is 2.79. The Kier molecular flexibility index (Phi) is 4.18. The minimum absolute atomic E-state index is 0.0194. The lowest BCUT2D eigenvalue weighted by Gasteiger charge is -2.21. The second-order valence-electron chi connectivity index (χ2n) is 6.32. The van der Waals surface area contributed by atoms with Gasteiger partial charge >= 0.3 is 0 Å². The van der Waals surface area contributed by atoms with Gasteiger partial charge in [0.2, 0.25) is 0 Å². The molecule has 1 heterocycles. The van der Waals surface area contributed by atoms with Crippen molar-refractivity contribution in [3.8, 4) is 0 Å². The molecule has 3 aromatic rings. The maximum absolute atomic E-state index is 13.0. The summed E-state index contributed by atoms with van der Waals surface area (Å²) in [4.78, 5) is 19.5. The summed E-state index contributed by atoms with van der Waals surface area (Å²) >= 11 is 6.57.